The molecule has 6 N–H and O–H groups in total. The molecule has 14 nitrogen and oxygen atoms in total. The quantitative estimate of drug-likeness (QED) is 0.236. The van der Waals surface area contributed by atoms with Crippen LogP contribution in [-0.4, -0.2) is 87.9 Å². The molecule has 1 aromatic heterocycles. The number of likely N-dealkylation sites (tertiary alicyclic amines) is 1. The molecule has 0 saturated carbocycles. The van der Waals surface area contributed by atoms with Crippen molar-refractivity contribution in [3.8, 4) is 0 Å². The number of primary amides is 1. The van der Waals surface area contributed by atoms with Crippen LogP contribution in [0.2, 0.25) is 0 Å². The third-order valence-corrected chi connectivity index (χ3v) is 6.43. The lowest BCUT2D eigenvalue weighted by atomic mass is 10.1. The van der Waals surface area contributed by atoms with Gasteiger partial charge in [0.15, 0.2) is 5.13 Å². The van der Waals surface area contributed by atoms with Gasteiger partial charge in [-0.25, -0.2) is 14.6 Å². The molecule has 2 heterocycles. The fraction of sp³-hybridized carbons (Fsp3) is 0.375. The number of carboxylic acid groups (broad SMARTS) is 2. The Morgan fingerprint density at radius 3 is 2.38 bits per heavy atom. The van der Waals surface area contributed by atoms with Crippen molar-refractivity contribution in [2.75, 3.05) is 31.3 Å². The zero-order valence-electron chi connectivity index (χ0n) is 21.7. The Labute approximate surface area is 228 Å². The lowest BCUT2D eigenvalue weighted by molar-refractivity contribution is -0.132. The van der Waals surface area contributed by atoms with E-state index in [1.54, 1.807) is 31.1 Å². The first-order chi connectivity index (χ1) is 18.4. The molecule has 3 rings (SSSR count). The van der Waals surface area contributed by atoms with E-state index in [1.165, 1.54) is 11.8 Å². The first-order valence-electron chi connectivity index (χ1n) is 11.8. The zero-order valence-corrected chi connectivity index (χ0v) is 22.5. The molecule has 39 heavy (non-hydrogen) atoms. The molecule has 5 amide bonds. The molecule has 1 fully saturated rings. The van der Waals surface area contributed by atoms with Gasteiger partial charge in [0.2, 0.25) is 11.8 Å². The lowest BCUT2D eigenvalue weighted by Crippen LogP contribution is -2.45. The van der Waals surface area contributed by atoms with Crippen LogP contribution < -0.4 is 16.4 Å². The molecule has 0 radical (unpaired) electrons. The highest BCUT2D eigenvalue weighted by Gasteiger charge is 2.37. The number of amides is 5. The normalized spacial score (nSPS) is 14.3. The van der Waals surface area contributed by atoms with Crippen molar-refractivity contribution in [3.63, 3.8) is 0 Å². The highest BCUT2D eigenvalue weighted by molar-refractivity contribution is 7.17. The molecule has 210 valence electrons. The minimum absolute atomic E-state index is 0.105. The van der Waals surface area contributed by atoms with Gasteiger partial charge in [-0.15, -0.1) is 0 Å². The number of aliphatic imine (C=N–C) groups is 1. The molecule has 1 aliphatic heterocycles. The maximum absolute atomic E-state index is 13.5. The van der Waals surface area contributed by atoms with E-state index in [-0.39, 0.29) is 17.7 Å². The van der Waals surface area contributed by atoms with Crippen molar-refractivity contribution in [1.29, 1.82) is 0 Å². The number of nitrogens with two attached hydrogens (primary N) is 1. The molecule has 0 bridgehead atoms. The first-order valence-corrected chi connectivity index (χ1v) is 12.6. The zero-order chi connectivity index (χ0) is 29.1. The molecular formula is C24H31N7O7S. The molecule has 1 aliphatic rings. The Hall–Kier alpha value is -4.53. The number of aryl methyl sites for hydroxylation is 2. The van der Waals surface area contributed by atoms with Crippen LogP contribution in [0.25, 0.3) is 0 Å². The molecule has 0 spiro atoms. The van der Waals surface area contributed by atoms with Gasteiger partial charge in [0.05, 0.1) is 12.0 Å². The van der Waals surface area contributed by atoms with E-state index in [9.17, 15) is 19.2 Å². The molecule has 1 saturated heterocycles. The van der Waals surface area contributed by atoms with E-state index in [4.69, 9.17) is 15.0 Å². The number of nitrogens with zero attached hydrogens (tertiary/aromatic N) is 4. The fourth-order valence-corrected chi connectivity index (χ4v) is 4.79. The van der Waals surface area contributed by atoms with Crippen LogP contribution in [0, 0.1) is 0 Å². The van der Waals surface area contributed by atoms with Crippen molar-refractivity contribution < 1.29 is 34.2 Å². The maximum Gasteiger partial charge on any atom is 0.432 e. The number of likely N-dealkylation sites (N-methyl/N-ethyl adjacent to an activating group) is 1. The summed E-state index contributed by atoms with van der Waals surface area (Å²) in [6, 6.07) is 6.85. The minimum Gasteiger partial charge on any atom is -0.465 e. The Kier molecular flexibility index (Phi) is 11.3. The van der Waals surface area contributed by atoms with Crippen LogP contribution >= 0.6 is 11.3 Å². The number of carbonyl (C=O) groups excluding carboxylic acids is 3. The van der Waals surface area contributed by atoms with Gasteiger partial charge in [0.25, 0.3) is 5.91 Å². The monoisotopic (exact) mass is 561 g/mol. The summed E-state index contributed by atoms with van der Waals surface area (Å²) in [5.74, 6) is -0.629. The second kappa shape index (κ2) is 14.4. The van der Waals surface area contributed by atoms with Gasteiger partial charge in [0, 0.05) is 33.3 Å². The number of hydrogen-bond acceptors (Lipinski definition) is 7. The summed E-state index contributed by atoms with van der Waals surface area (Å²) in [5, 5.41) is 21.5. The number of anilines is 2. The number of carbonyl (C=O) groups is 5. The van der Waals surface area contributed by atoms with Gasteiger partial charge < -0.3 is 36.4 Å². The second-order valence-corrected chi connectivity index (χ2v) is 9.58. The van der Waals surface area contributed by atoms with Crippen LogP contribution in [0.5, 0.6) is 0 Å². The molecule has 15 heteroatoms. The van der Waals surface area contributed by atoms with Crippen molar-refractivity contribution >= 4 is 58.4 Å². The molecule has 0 aliphatic carbocycles. The second-order valence-electron chi connectivity index (χ2n) is 8.59. The summed E-state index contributed by atoms with van der Waals surface area (Å²) in [6.45, 7) is 1.88. The number of rotatable bonds is 8. The number of nitrogens with one attached hydrogen (secondary N) is 2. The van der Waals surface area contributed by atoms with Gasteiger partial charge in [0.1, 0.15) is 10.9 Å². The first kappa shape index (κ1) is 30.7. The number of benzene rings is 1. The molecule has 1 aromatic carbocycles. The average molecular weight is 562 g/mol. The fourth-order valence-electron chi connectivity index (χ4n) is 3.78. The van der Waals surface area contributed by atoms with E-state index in [0.29, 0.717) is 47.2 Å². The highest BCUT2D eigenvalue weighted by Crippen LogP contribution is 2.29. The van der Waals surface area contributed by atoms with Crippen LogP contribution in [-0.2, 0) is 22.4 Å². The lowest BCUT2D eigenvalue weighted by Gasteiger charge is -2.26. The van der Waals surface area contributed by atoms with Gasteiger partial charge in [-0.3, -0.25) is 14.4 Å². The van der Waals surface area contributed by atoms with Gasteiger partial charge in [-0.1, -0.05) is 23.5 Å². The van der Waals surface area contributed by atoms with Crippen molar-refractivity contribution in [1.82, 2.24) is 14.8 Å². The maximum atomic E-state index is 13.5. The number of thiazole rings is 1. The summed E-state index contributed by atoms with van der Waals surface area (Å²) in [7, 11) is 3.35. The van der Waals surface area contributed by atoms with Crippen LogP contribution in [0.4, 0.5) is 20.4 Å². The van der Waals surface area contributed by atoms with Crippen LogP contribution in [0.3, 0.4) is 0 Å². The third-order valence-electron chi connectivity index (χ3n) is 5.42. The van der Waals surface area contributed by atoms with E-state index in [2.05, 4.69) is 26.3 Å². The predicted molar refractivity (Wildman–Crippen MR) is 145 cm³/mol. The smallest absolute Gasteiger partial charge is 0.432 e. The summed E-state index contributed by atoms with van der Waals surface area (Å²) in [5.41, 5.74) is 6.27. The van der Waals surface area contributed by atoms with E-state index in [0.717, 1.165) is 29.7 Å². The largest absolute Gasteiger partial charge is 0.465 e. The van der Waals surface area contributed by atoms with Crippen molar-refractivity contribution in [3.05, 3.63) is 40.4 Å². The Bertz CT molecular complexity index is 1220. The third kappa shape index (κ3) is 9.70. The summed E-state index contributed by atoms with van der Waals surface area (Å²) in [6.07, 6.45) is 0.902. The summed E-state index contributed by atoms with van der Waals surface area (Å²) < 4.78 is 0. The standard InChI is InChI=1S/C23H28N6O5S.CH3NO2/c1-14(30)26-22-27-17(11-8-15-6-9-16(10-7-15)24-13-25-23(33)34)19(35-22)21(32)29-12-4-5-18(29)20(31)28(2)3;2-1(3)4/h6-7,9-10,13,18H,4-5,8,11-12H2,1-3H3,(H,24,25)(H,33,34)(H,26,27,30);2H2,(H,3,4)/t18-;/m1./s1. The van der Waals surface area contributed by atoms with Crippen molar-refractivity contribution in [2.45, 2.75) is 38.6 Å². The van der Waals surface area contributed by atoms with Gasteiger partial charge >= 0.3 is 12.2 Å². The topological polar surface area (TPSA) is 208 Å². The van der Waals surface area contributed by atoms with Crippen LogP contribution in [0.15, 0.2) is 29.3 Å². The van der Waals surface area contributed by atoms with E-state index in [1.807, 2.05) is 12.1 Å². The highest BCUT2D eigenvalue weighted by atomic mass is 32.1. The molecule has 2 aromatic rings. The predicted octanol–water partition coefficient (Wildman–Crippen LogP) is 2.32. The molecular weight excluding hydrogens is 530 g/mol. The SMILES string of the molecule is CC(=O)Nc1nc(CCc2ccc(NC=NC(=O)O)cc2)c(C(=O)N2CCC[C@@H]2C(=O)N(C)C)s1.NC(=O)O. The summed E-state index contributed by atoms with van der Waals surface area (Å²) in [4.78, 5) is 68.1. The Morgan fingerprint density at radius 2 is 1.82 bits per heavy atom. The van der Waals surface area contributed by atoms with Gasteiger partial charge in [-0.2, -0.15) is 4.99 Å². The average Bonchev–Trinajstić information content (AvgIpc) is 3.49. The van der Waals surface area contributed by atoms with Crippen molar-refractivity contribution in [2.24, 2.45) is 10.7 Å². The Morgan fingerprint density at radius 1 is 1.18 bits per heavy atom. The number of aromatic nitrogens is 1. The molecule has 0 unspecified atom stereocenters. The van der Waals surface area contributed by atoms with E-state index >= 15 is 0 Å². The van der Waals surface area contributed by atoms with E-state index < -0.39 is 18.2 Å². The summed E-state index contributed by atoms with van der Waals surface area (Å²) >= 11 is 1.12. The van der Waals surface area contributed by atoms with Crippen LogP contribution in [0.1, 0.15) is 40.7 Å². The minimum atomic E-state index is -1.33. The molecule has 1 atom stereocenters. The Balaban J connectivity index is 0.00000124. The van der Waals surface area contributed by atoms with Gasteiger partial charge in [-0.05, 0) is 43.4 Å². The number of hydrogen-bond donors (Lipinski definition) is 5.